The van der Waals surface area contributed by atoms with E-state index in [1.165, 1.54) is 18.5 Å². The number of hydrogen-bond donors (Lipinski definition) is 1. The van der Waals surface area contributed by atoms with Crippen LogP contribution in [0.15, 0.2) is 12.5 Å². The second-order valence-electron chi connectivity index (χ2n) is 6.46. The van der Waals surface area contributed by atoms with Crippen LogP contribution >= 0.6 is 0 Å². The molecule has 3 heteroatoms. The van der Waals surface area contributed by atoms with Crippen LogP contribution in [0.3, 0.4) is 0 Å². The number of hydrogen-bond acceptors (Lipinski definition) is 2. The zero-order chi connectivity index (χ0) is 12.5. The molecule has 0 bridgehead atoms. The van der Waals surface area contributed by atoms with E-state index in [1.54, 1.807) is 0 Å². The molecule has 1 atom stereocenters. The Morgan fingerprint density at radius 2 is 2.18 bits per heavy atom. The summed E-state index contributed by atoms with van der Waals surface area (Å²) in [7, 11) is 0. The van der Waals surface area contributed by atoms with Crippen LogP contribution in [0.2, 0.25) is 0 Å². The van der Waals surface area contributed by atoms with Gasteiger partial charge in [0.05, 0.1) is 12.0 Å². The Morgan fingerprint density at radius 3 is 2.76 bits per heavy atom. The van der Waals surface area contributed by atoms with Crippen LogP contribution in [-0.4, -0.2) is 15.1 Å². The predicted octanol–water partition coefficient (Wildman–Crippen LogP) is 2.82. The monoisotopic (exact) mass is 235 g/mol. The maximum absolute atomic E-state index is 4.28. The van der Waals surface area contributed by atoms with Gasteiger partial charge in [0, 0.05) is 24.8 Å². The van der Waals surface area contributed by atoms with Gasteiger partial charge in [-0.05, 0) is 45.4 Å². The summed E-state index contributed by atoms with van der Waals surface area (Å²) in [6, 6.07) is 0. The Kier molecular flexibility index (Phi) is 3.57. The van der Waals surface area contributed by atoms with Gasteiger partial charge in [-0.25, -0.2) is 4.98 Å². The molecule has 0 saturated heterocycles. The minimum absolute atomic E-state index is 0.164. The second kappa shape index (κ2) is 4.81. The number of nitrogens with one attached hydrogen (secondary N) is 1. The second-order valence-corrected chi connectivity index (χ2v) is 6.46. The third-order valence-electron chi connectivity index (χ3n) is 3.51. The summed E-state index contributed by atoms with van der Waals surface area (Å²) in [5, 5.41) is 3.52. The number of aromatic nitrogens is 2. The fourth-order valence-electron chi connectivity index (χ4n) is 2.14. The van der Waals surface area contributed by atoms with Gasteiger partial charge in [-0.1, -0.05) is 6.92 Å². The SMILES string of the molecule is CC(Cn1cncc1CNC(C)(C)C)C1CC1. The highest BCUT2D eigenvalue weighted by atomic mass is 15.1. The fourth-order valence-corrected chi connectivity index (χ4v) is 2.14. The van der Waals surface area contributed by atoms with E-state index in [0.29, 0.717) is 0 Å². The molecule has 1 aromatic rings. The molecule has 1 N–H and O–H groups in total. The molecule has 0 aromatic carbocycles. The van der Waals surface area contributed by atoms with E-state index >= 15 is 0 Å². The van der Waals surface area contributed by atoms with Crippen molar-refractivity contribution in [2.45, 2.75) is 59.2 Å². The van der Waals surface area contributed by atoms with Crippen molar-refractivity contribution in [2.24, 2.45) is 11.8 Å². The number of imidazole rings is 1. The fraction of sp³-hybridized carbons (Fsp3) is 0.786. The van der Waals surface area contributed by atoms with E-state index in [1.807, 2.05) is 12.5 Å². The summed E-state index contributed by atoms with van der Waals surface area (Å²) >= 11 is 0. The maximum atomic E-state index is 4.28. The van der Waals surface area contributed by atoms with Crippen LogP contribution in [0.5, 0.6) is 0 Å². The first kappa shape index (κ1) is 12.6. The number of nitrogens with zero attached hydrogens (tertiary/aromatic N) is 2. The van der Waals surface area contributed by atoms with Crippen molar-refractivity contribution in [3.05, 3.63) is 18.2 Å². The first-order chi connectivity index (χ1) is 7.96. The highest BCUT2D eigenvalue weighted by Gasteiger charge is 2.28. The first-order valence-electron chi connectivity index (χ1n) is 6.70. The van der Waals surface area contributed by atoms with Gasteiger partial charge in [-0.15, -0.1) is 0 Å². The lowest BCUT2D eigenvalue weighted by Gasteiger charge is -2.21. The third kappa shape index (κ3) is 3.84. The van der Waals surface area contributed by atoms with Gasteiger partial charge in [-0.2, -0.15) is 0 Å². The molecule has 96 valence electrons. The van der Waals surface area contributed by atoms with Crippen LogP contribution in [0.1, 0.15) is 46.2 Å². The van der Waals surface area contributed by atoms with Gasteiger partial charge in [0.25, 0.3) is 0 Å². The minimum atomic E-state index is 0.164. The van der Waals surface area contributed by atoms with Gasteiger partial charge in [-0.3, -0.25) is 0 Å². The van der Waals surface area contributed by atoms with Crippen molar-refractivity contribution in [2.75, 3.05) is 0 Å². The highest BCUT2D eigenvalue weighted by molar-refractivity contribution is 4.99. The maximum Gasteiger partial charge on any atom is 0.0948 e. The van der Waals surface area contributed by atoms with Gasteiger partial charge in [0.2, 0.25) is 0 Å². The molecule has 1 aromatic heterocycles. The van der Waals surface area contributed by atoms with E-state index < -0.39 is 0 Å². The number of rotatable bonds is 5. The molecular weight excluding hydrogens is 210 g/mol. The molecule has 0 amide bonds. The molecule has 1 saturated carbocycles. The van der Waals surface area contributed by atoms with Crippen molar-refractivity contribution in [1.29, 1.82) is 0 Å². The molecule has 1 unspecified atom stereocenters. The molecular formula is C14H25N3. The minimum Gasteiger partial charge on any atom is -0.333 e. The highest BCUT2D eigenvalue weighted by Crippen LogP contribution is 2.37. The summed E-state index contributed by atoms with van der Waals surface area (Å²) in [6.07, 6.45) is 6.80. The predicted molar refractivity (Wildman–Crippen MR) is 70.7 cm³/mol. The Labute approximate surface area is 105 Å². The first-order valence-corrected chi connectivity index (χ1v) is 6.70. The molecule has 1 fully saturated rings. The average molecular weight is 235 g/mol. The van der Waals surface area contributed by atoms with Gasteiger partial charge >= 0.3 is 0 Å². The van der Waals surface area contributed by atoms with E-state index in [4.69, 9.17) is 0 Å². The Balaban J connectivity index is 1.91. The third-order valence-corrected chi connectivity index (χ3v) is 3.51. The zero-order valence-electron chi connectivity index (χ0n) is 11.5. The Bertz CT molecular complexity index is 358. The molecule has 0 radical (unpaired) electrons. The molecule has 0 spiro atoms. The molecule has 17 heavy (non-hydrogen) atoms. The van der Waals surface area contributed by atoms with E-state index in [9.17, 15) is 0 Å². The smallest absolute Gasteiger partial charge is 0.0948 e. The summed E-state index contributed by atoms with van der Waals surface area (Å²) in [4.78, 5) is 4.28. The standard InChI is InChI=1S/C14H25N3/c1-11(12-5-6-12)9-17-10-15-7-13(17)8-16-14(2,3)4/h7,10-12,16H,5-6,8-9H2,1-4H3. The summed E-state index contributed by atoms with van der Waals surface area (Å²) in [5.41, 5.74) is 1.46. The van der Waals surface area contributed by atoms with Gasteiger partial charge in [0.1, 0.15) is 0 Å². The molecule has 3 nitrogen and oxygen atoms in total. The summed E-state index contributed by atoms with van der Waals surface area (Å²) in [5.74, 6) is 1.75. The topological polar surface area (TPSA) is 29.9 Å². The normalized spacial score (nSPS) is 18.4. The molecule has 1 aliphatic rings. The lowest BCUT2D eigenvalue weighted by molar-refractivity contribution is 0.393. The van der Waals surface area contributed by atoms with E-state index in [0.717, 1.165) is 24.9 Å². The quantitative estimate of drug-likeness (QED) is 0.850. The van der Waals surface area contributed by atoms with Crippen molar-refractivity contribution in [3.63, 3.8) is 0 Å². The largest absolute Gasteiger partial charge is 0.333 e. The van der Waals surface area contributed by atoms with Crippen molar-refractivity contribution >= 4 is 0 Å². The summed E-state index contributed by atoms with van der Waals surface area (Å²) < 4.78 is 2.31. The van der Waals surface area contributed by atoms with Crippen molar-refractivity contribution in [3.8, 4) is 0 Å². The van der Waals surface area contributed by atoms with Crippen molar-refractivity contribution < 1.29 is 0 Å². The van der Waals surface area contributed by atoms with Crippen LogP contribution in [0.4, 0.5) is 0 Å². The molecule has 2 rings (SSSR count). The van der Waals surface area contributed by atoms with Gasteiger partial charge in [0.15, 0.2) is 0 Å². The molecule has 1 heterocycles. The van der Waals surface area contributed by atoms with Crippen LogP contribution in [-0.2, 0) is 13.1 Å². The Hall–Kier alpha value is -0.830. The summed E-state index contributed by atoms with van der Waals surface area (Å²) in [6.45, 7) is 11.0. The van der Waals surface area contributed by atoms with Crippen LogP contribution in [0.25, 0.3) is 0 Å². The van der Waals surface area contributed by atoms with E-state index in [2.05, 4.69) is 42.6 Å². The average Bonchev–Trinajstić information content (AvgIpc) is 2.98. The zero-order valence-corrected chi connectivity index (χ0v) is 11.5. The van der Waals surface area contributed by atoms with Crippen molar-refractivity contribution in [1.82, 2.24) is 14.9 Å². The van der Waals surface area contributed by atoms with E-state index in [-0.39, 0.29) is 5.54 Å². The van der Waals surface area contributed by atoms with Gasteiger partial charge < -0.3 is 9.88 Å². The van der Waals surface area contributed by atoms with Crippen LogP contribution < -0.4 is 5.32 Å². The lowest BCUT2D eigenvalue weighted by atomic mass is 10.1. The van der Waals surface area contributed by atoms with Crippen LogP contribution in [0, 0.1) is 11.8 Å². The molecule has 0 aliphatic heterocycles. The lowest BCUT2D eigenvalue weighted by Crippen LogP contribution is -2.35. The Morgan fingerprint density at radius 1 is 1.47 bits per heavy atom. The molecule has 1 aliphatic carbocycles.